The molecular weight excluding hydrogens is 466 g/mol. The highest BCUT2D eigenvalue weighted by Crippen LogP contribution is 2.29. The molecule has 0 saturated carbocycles. The molecule has 3 aromatic rings. The minimum Gasteiger partial charge on any atom is -0.392 e. The summed E-state index contributed by atoms with van der Waals surface area (Å²) in [4.78, 5) is 33.4. The third-order valence-electron chi connectivity index (χ3n) is 6.27. The predicted molar refractivity (Wildman–Crippen MR) is 145 cm³/mol. The lowest BCUT2D eigenvalue weighted by Crippen LogP contribution is -2.38. The molecule has 1 aliphatic heterocycles. The molecule has 0 aliphatic carbocycles. The quantitative estimate of drug-likeness (QED) is 0.425. The summed E-state index contributed by atoms with van der Waals surface area (Å²) in [5.41, 5.74) is 4.12. The van der Waals surface area contributed by atoms with E-state index in [1.54, 1.807) is 24.8 Å². The van der Waals surface area contributed by atoms with E-state index in [1.165, 1.54) is 5.56 Å². The number of carbonyl (C=O) groups excluding carboxylic acids is 2. The fourth-order valence-electron chi connectivity index (χ4n) is 4.07. The van der Waals surface area contributed by atoms with E-state index >= 15 is 0 Å². The van der Waals surface area contributed by atoms with Crippen molar-refractivity contribution in [3.05, 3.63) is 90.0 Å². The van der Waals surface area contributed by atoms with Gasteiger partial charge in [0.2, 0.25) is 5.91 Å². The Hall–Kier alpha value is -3.62. The Morgan fingerprint density at radius 2 is 1.81 bits per heavy atom. The number of carbonyl (C=O) groups is 2. The monoisotopic (exact) mass is 503 g/mol. The molecule has 2 aromatic heterocycles. The van der Waals surface area contributed by atoms with E-state index in [4.69, 9.17) is 5.11 Å². The van der Waals surface area contributed by atoms with Gasteiger partial charge in [-0.2, -0.15) is 0 Å². The first-order valence-corrected chi connectivity index (χ1v) is 12.5. The molecule has 8 heteroatoms. The third-order valence-corrected chi connectivity index (χ3v) is 6.27. The summed E-state index contributed by atoms with van der Waals surface area (Å²) in [6.07, 6.45) is 8.03. The molecule has 3 heterocycles. The van der Waals surface area contributed by atoms with Crippen LogP contribution in [0.2, 0.25) is 0 Å². The summed E-state index contributed by atoms with van der Waals surface area (Å²) < 4.78 is 0. The van der Waals surface area contributed by atoms with E-state index in [0.29, 0.717) is 19.5 Å². The van der Waals surface area contributed by atoms with Gasteiger partial charge in [0.1, 0.15) is 12.3 Å². The van der Waals surface area contributed by atoms with Gasteiger partial charge in [0.15, 0.2) is 0 Å². The van der Waals surface area contributed by atoms with Gasteiger partial charge in [0.05, 0.1) is 12.1 Å². The SMILES string of the molecule is CN(c1ccc(C(C)(C)C)cc1)C(C(=O)NCc1cccnc1)c1cccnc1.O=CC1CC(O)CN1. The van der Waals surface area contributed by atoms with Crippen LogP contribution in [0.3, 0.4) is 0 Å². The Morgan fingerprint density at radius 1 is 1.14 bits per heavy atom. The van der Waals surface area contributed by atoms with Crippen molar-refractivity contribution in [2.45, 2.75) is 57.3 Å². The van der Waals surface area contributed by atoms with Crippen LogP contribution >= 0.6 is 0 Å². The molecule has 1 saturated heterocycles. The molecule has 1 fully saturated rings. The summed E-state index contributed by atoms with van der Waals surface area (Å²) in [6, 6.07) is 15.4. The lowest BCUT2D eigenvalue weighted by atomic mass is 9.87. The number of β-amino-alcohol motifs (C(OH)–C–C–N with tert-alkyl or cyclic N) is 1. The van der Waals surface area contributed by atoms with E-state index in [2.05, 4.69) is 65.6 Å². The normalized spacial score (nSPS) is 17.8. The van der Waals surface area contributed by atoms with Crippen LogP contribution in [0.25, 0.3) is 0 Å². The predicted octanol–water partition coefficient (Wildman–Crippen LogP) is 3.18. The third kappa shape index (κ3) is 8.20. The number of amides is 1. The van der Waals surface area contributed by atoms with Gasteiger partial charge in [-0.1, -0.05) is 45.0 Å². The molecule has 0 bridgehead atoms. The molecule has 3 atom stereocenters. The van der Waals surface area contributed by atoms with Gasteiger partial charge in [0.25, 0.3) is 0 Å². The highest BCUT2D eigenvalue weighted by Gasteiger charge is 2.26. The van der Waals surface area contributed by atoms with Gasteiger partial charge in [-0.15, -0.1) is 0 Å². The van der Waals surface area contributed by atoms with E-state index in [9.17, 15) is 9.59 Å². The van der Waals surface area contributed by atoms with Crippen molar-refractivity contribution in [3.8, 4) is 0 Å². The van der Waals surface area contributed by atoms with Crippen LogP contribution in [-0.2, 0) is 21.5 Å². The number of pyridine rings is 2. The highest BCUT2D eigenvalue weighted by atomic mass is 16.3. The fourth-order valence-corrected chi connectivity index (χ4v) is 4.07. The smallest absolute Gasteiger partial charge is 0.247 e. The first-order chi connectivity index (χ1) is 17.7. The highest BCUT2D eigenvalue weighted by molar-refractivity contribution is 5.86. The number of likely N-dealkylation sites (N-methyl/N-ethyl adjacent to an activating group) is 1. The van der Waals surface area contributed by atoms with Crippen molar-refractivity contribution in [3.63, 3.8) is 0 Å². The van der Waals surface area contributed by atoms with Crippen molar-refractivity contribution in [2.75, 3.05) is 18.5 Å². The number of nitrogens with one attached hydrogen (secondary N) is 2. The van der Waals surface area contributed by atoms with Crippen LogP contribution in [0.15, 0.2) is 73.3 Å². The van der Waals surface area contributed by atoms with Crippen LogP contribution in [0.4, 0.5) is 5.69 Å². The standard InChI is InChI=1S/C24H28N4O.C5H9NO2/c1-24(2,3)20-9-11-21(12-10-20)28(4)22(19-8-6-14-26-17-19)23(29)27-16-18-7-5-13-25-15-18;7-3-4-1-5(8)2-6-4/h5-15,17,22H,16H2,1-4H3,(H,27,29);3-6,8H,1-2H2. The summed E-state index contributed by atoms with van der Waals surface area (Å²) in [5.74, 6) is -0.0794. The zero-order chi connectivity index (χ0) is 26.8. The number of aliphatic hydroxyl groups is 1. The minimum atomic E-state index is -0.485. The van der Waals surface area contributed by atoms with Crippen LogP contribution < -0.4 is 15.5 Å². The van der Waals surface area contributed by atoms with Gasteiger partial charge < -0.3 is 25.4 Å². The van der Waals surface area contributed by atoms with Crippen LogP contribution in [0.1, 0.15) is 49.9 Å². The minimum absolute atomic E-state index is 0.0794. The fraction of sp³-hybridized carbons (Fsp3) is 0.379. The van der Waals surface area contributed by atoms with E-state index in [0.717, 1.165) is 23.1 Å². The second-order valence-electron chi connectivity index (χ2n) is 10.2. The van der Waals surface area contributed by atoms with Gasteiger partial charge in [-0.25, -0.2) is 0 Å². The van der Waals surface area contributed by atoms with Crippen LogP contribution in [-0.4, -0.2) is 53.0 Å². The van der Waals surface area contributed by atoms with Crippen molar-refractivity contribution in [1.29, 1.82) is 0 Å². The molecule has 196 valence electrons. The Morgan fingerprint density at radius 3 is 2.30 bits per heavy atom. The van der Waals surface area contributed by atoms with E-state index < -0.39 is 6.04 Å². The van der Waals surface area contributed by atoms with Crippen LogP contribution in [0.5, 0.6) is 0 Å². The molecule has 4 rings (SSSR count). The summed E-state index contributed by atoms with van der Waals surface area (Å²) >= 11 is 0. The molecule has 3 unspecified atom stereocenters. The molecule has 1 aliphatic rings. The molecule has 1 aromatic carbocycles. The van der Waals surface area contributed by atoms with E-state index in [-0.39, 0.29) is 23.5 Å². The van der Waals surface area contributed by atoms with E-state index in [1.807, 2.05) is 36.2 Å². The van der Waals surface area contributed by atoms with Crippen molar-refractivity contribution >= 4 is 17.9 Å². The Balaban J connectivity index is 0.000000405. The zero-order valence-electron chi connectivity index (χ0n) is 22.0. The second-order valence-corrected chi connectivity index (χ2v) is 10.2. The number of aliphatic hydroxyl groups excluding tert-OH is 1. The number of anilines is 1. The van der Waals surface area contributed by atoms with Crippen molar-refractivity contribution in [2.24, 2.45) is 0 Å². The van der Waals surface area contributed by atoms with Crippen molar-refractivity contribution < 1.29 is 14.7 Å². The molecule has 1 amide bonds. The summed E-state index contributed by atoms with van der Waals surface area (Å²) in [5, 5.41) is 14.7. The summed E-state index contributed by atoms with van der Waals surface area (Å²) in [6.45, 7) is 7.56. The maximum absolute atomic E-state index is 13.2. The van der Waals surface area contributed by atoms with Gasteiger partial charge in [-0.05, 0) is 47.2 Å². The Bertz CT molecular complexity index is 1120. The number of rotatable bonds is 7. The number of aromatic nitrogens is 2. The first-order valence-electron chi connectivity index (χ1n) is 12.5. The molecule has 3 N–H and O–H groups in total. The number of aldehydes is 1. The first kappa shape index (κ1) is 28.0. The largest absolute Gasteiger partial charge is 0.392 e. The molecule has 37 heavy (non-hydrogen) atoms. The topological polar surface area (TPSA) is 107 Å². The average molecular weight is 504 g/mol. The van der Waals surface area contributed by atoms with Gasteiger partial charge in [0, 0.05) is 56.2 Å². The lowest BCUT2D eigenvalue weighted by molar-refractivity contribution is -0.122. The molecule has 0 radical (unpaired) electrons. The molecular formula is C29H37N5O3. The Labute approximate surface area is 219 Å². The molecule has 0 spiro atoms. The average Bonchev–Trinajstić information content (AvgIpc) is 3.34. The number of hydrogen-bond donors (Lipinski definition) is 3. The maximum atomic E-state index is 13.2. The Kier molecular flexibility index (Phi) is 9.88. The van der Waals surface area contributed by atoms with Crippen LogP contribution in [0, 0.1) is 0 Å². The van der Waals surface area contributed by atoms with Gasteiger partial charge >= 0.3 is 0 Å². The maximum Gasteiger partial charge on any atom is 0.247 e. The number of benzene rings is 1. The summed E-state index contributed by atoms with van der Waals surface area (Å²) in [7, 11) is 1.94. The molecule has 8 nitrogen and oxygen atoms in total. The zero-order valence-corrected chi connectivity index (χ0v) is 22.0. The number of nitrogens with zero attached hydrogens (tertiary/aromatic N) is 3. The second kappa shape index (κ2) is 13.1. The lowest BCUT2D eigenvalue weighted by Gasteiger charge is -2.30. The number of hydrogen-bond acceptors (Lipinski definition) is 7. The van der Waals surface area contributed by atoms with Crippen molar-refractivity contribution in [1.82, 2.24) is 20.6 Å². The van der Waals surface area contributed by atoms with Gasteiger partial charge in [-0.3, -0.25) is 14.8 Å².